The van der Waals surface area contributed by atoms with E-state index < -0.39 is 10.0 Å². The summed E-state index contributed by atoms with van der Waals surface area (Å²) < 4.78 is 38.3. The van der Waals surface area contributed by atoms with Gasteiger partial charge in [-0.05, 0) is 44.4 Å². The number of nitrogens with one attached hydrogen (secondary N) is 1. The molecule has 128 valence electrons. The fraction of sp³-hybridized carbons (Fsp3) is 0.562. The molecule has 1 aromatic carbocycles. The third kappa shape index (κ3) is 4.51. The summed E-state index contributed by atoms with van der Waals surface area (Å²) >= 11 is 0. The van der Waals surface area contributed by atoms with Crippen LogP contribution < -0.4 is 5.32 Å². The Kier molecular flexibility index (Phi) is 5.75. The molecule has 1 fully saturated rings. The highest BCUT2D eigenvalue weighted by molar-refractivity contribution is 7.89. The van der Waals surface area contributed by atoms with Crippen molar-refractivity contribution in [2.24, 2.45) is 5.92 Å². The average Bonchev–Trinajstić information content (AvgIpc) is 2.55. The molecule has 1 aromatic rings. The summed E-state index contributed by atoms with van der Waals surface area (Å²) in [5.74, 6) is -0.765. The quantitative estimate of drug-likeness (QED) is 0.891. The number of nitrogens with zero attached hydrogens (tertiary/aromatic N) is 1. The normalized spacial score (nSPS) is 20.9. The molecule has 0 aromatic heterocycles. The lowest BCUT2D eigenvalue weighted by atomic mass is 9.98. The van der Waals surface area contributed by atoms with E-state index in [9.17, 15) is 17.6 Å². The van der Waals surface area contributed by atoms with Crippen LogP contribution in [0.15, 0.2) is 24.3 Å². The van der Waals surface area contributed by atoms with Crippen molar-refractivity contribution in [2.45, 2.75) is 32.7 Å². The molecule has 0 saturated carbocycles. The van der Waals surface area contributed by atoms with Crippen LogP contribution in [0.25, 0.3) is 0 Å². The van der Waals surface area contributed by atoms with Crippen LogP contribution in [-0.2, 0) is 14.8 Å². The molecule has 0 radical (unpaired) electrons. The van der Waals surface area contributed by atoms with Gasteiger partial charge >= 0.3 is 0 Å². The second kappa shape index (κ2) is 7.40. The number of sulfonamides is 1. The Hall–Kier alpha value is -1.47. The molecule has 0 unspecified atom stereocenters. The van der Waals surface area contributed by atoms with Gasteiger partial charge in [-0.3, -0.25) is 4.79 Å². The zero-order chi connectivity index (χ0) is 17.0. The van der Waals surface area contributed by atoms with Crippen molar-refractivity contribution in [2.75, 3.05) is 18.8 Å². The van der Waals surface area contributed by atoms with Crippen LogP contribution in [0.3, 0.4) is 0 Å². The number of hydrogen-bond acceptors (Lipinski definition) is 3. The molecular formula is C16H23FN2O3S. The summed E-state index contributed by atoms with van der Waals surface area (Å²) in [6.07, 6.45) is 1.36. The molecule has 7 heteroatoms. The summed E-state index contributed by atoms with van der Waals surface area (Å²) in [4.78, 5) is 12.4. The predicted octanol–water partition coefficient (Wildman–Crippen LogP) is 2.06. The van der Waals surface area contributed by atoms with Crippen LogP contribution in [0.1, 0.15) is 38.3 Å². The van der Waals surface area contributed by atoms with Crippen LogP contribution in [-0.4, -0.2) is 37.5 Å². The second-order valence-electron chi connectivity index (χ2n) is 5.88. The van der Waals surface area contributed by atoms with Gasteiger partial charge in [0.25, 0.3) is 0 Å². The second-order valence-corrected chi connectivity index (χ2v) is 8.14. The largest absolute Gasteiger partial charge is 0.349 e. The Morgan fingerprint density at radius 1 is 1.39 bits per heavy atom. The minimum absolute atomic E-state index is 0.0489. The van der Waals surface area contributed by atoms with E-state index in [2.05, 4.69) is 5.32 Å². The Balaban J connectivity index is 1.98. The molecule has 1 amide bonds. The minimum atomic E-state index is -3.26. The van der Waals surface area contributed by atoms with E-state index >= 15 is 0 Å². The fourth-order valence-corrected chi connectivity index (χ4v) is 3.94. The van der Waals surface area contributed by atoms with Crippen LogP contribution >= 0.6 is 0 Å². The molecule has 0 aliphatic carbocycles. The van der Waals surface area contributed by atoms with Crippen molar-refractivity contribution in [3.8, 4) is 0 Å². The first-order valence-electron chi connectivity index (χ1n) is 7.87. The number of piperidine rings is 1. The number of amides is 1. The molecule has 5 nitrogen and oxygen atoms in total. The van der Waals surface area contributed by atoms with E-state index in [0.29, 0.717) is 19.4 Å². The van der Waals surface area contributed by atoms with Crippen LogP contribution in [0.4, 0.5) is 4.39 Å². The standard InChI is InChI=1S/C16H23FN2O3S/c1-3-23(21,22)19-10-4-5-14(11-19)16(20)18-12(2)13-6-8-15(17)9-7-13/h6-9,12,14H,3-5,10-11H2,1-2H3,(H,18,20)/t12-,14+/m1/s1. The fourth-order valence-electron chi connectivity index (χ4n) is 2.76. The third-order valence-electron chi connectivity index (χ3n) is 4.24. The van der Waals surface area contributed by atoms with Crippen molar-refractivity contribution < 1.29 is 17.6 Å². The number of carbonyl (C=O) groups is 1. The zero-order valence-electron chi connectivity index (χ0n) is 13.5. The lowest BCUT2D eigenvalue weighted by Gasteiger charge is -2.31. The molecule has 1 heterocycles. The third-order valence-corrected chi connectivity index (χ3v) is 6.09. The Morgan fingerprint density at radius 2 is 2.04 bits per heavy atom. The Bertz CT molecular complexity index is 646. The van der Waals surface area contributed by atoms with Gasteiger partial charge in [0.2, 0.25) is 15.9 Å². The first-order chi connectivity index (χ1) is 10.8. The van der Waals surface area contributed by atoms with Crippen molar-refractivity contribution in [3.63, 3.8) is 0 Å². The van der Waals surface area contributed by atoms with E-state index in [1.54, 1.807) is 19.1 Å². The van der Waals surface area contributed by atoms with Crippen molar-refractivity contribution in [1.29, 1.82) is 0 Å². The monoisotopic (exact) mass is 342 g/mol. The number of rotatable bonds is 5. The van der Waals surface area contributed by atoms with Crippen molar-refractivity contribution in [3.05, 3.63) is 35.6 Å². The Morgan fingerprint density at radius 3 is 2.65 bits per heavy atom. The molecule has 0 spiro atoms. The van der Waals surface area contributed by atoms with Gasteiger partial charge in [0.15, 0.2) is 0 Å². The van der Waals surface area contributed by atoms with E-state index in [-0.39, 0.29) is 36.0 Å². The maximum atomic E-state index is 12.9. The smallest absolute Gasteiger partial charge is 0.224 e. The van der Waals surface area contributed by atoms with E-state index in [4.69, 9.17) is 0 Å². The molecule has 23 heavy (non-hydrogen) atoms. The highest BCUT2D eigenvalue weighted by atomic mass is 32.2. The number of hydrogen-bond donors (Lipinski definition) is 1. The van der Waals surface area contributed by atoms with Gasteiger partial charge in [-0.25, -0.2) is 17.1 Å². The van der Waals surface area contributed by atoms with E-state index in [0.717, 1.165) is 5.56 Å². The summed E-state index contributed by atoms with van der Waals surface area (Å²) in [5.41, 5.74) is 0.814. The highest BCUT2D eigenvalue weighted by Gasteiger charge is 2.31. The first kappa shape index (κ1) is 17.9. The summed E-state index contributed by atoms with van der Waals surface area (Å²) in [6.45, 7) is 4.15. The van der Waals surface area contributed by atoms with Gasteiger partial charge in [0.1, 0.15) is 5.82 Å². The first-order valence-corrected chi connectivity index (χ1v) is 9.48. The topological polar surface area (TPSA) is 66.5 Å². The zero-order valence-corrected chi connectivity index (χ0v) is 14.3. The van der Waals surface area contributed by atoms with Crippen LogP contribution in [0.5, 0.6) is 0 Å². The van der Waals surface area contributed by atoms with Gasteiger partial charge in [-0.15, -0.1) is 0 Å². The lowest BCUT2D eigenvalue weighted by Crippen LogP contribution is -2.46. The van der Waals surface area contributed by atoms with Gasteiger partial charge in [-0.2, -0.15) is 0 Å². The minimum Gasteiger partial charge on any atom is -0.349 e. The molecular weight excluding hydrogens is 319 g/mol. The van der Waals surface area contributed by atoms with Gasteiger partial charge in [-0.1, -0.05) is 12.1 Å². The summed E-state index contributed by atoms with van der Waals surface area (Å²) in [6, 6.07) is 5.73. The number of benzene rings is 1. The highest BCUT2D eigenvalue weighted by Crippen LogP contribution is 2.21. The molecule has 2 atom stereocenters. The van der Waals surface area contributed by atoms with E-state index in [1.807, 2.05) is 6.92 Å². The molecule has 1 aliphatic rings. The molecule has 1 aliphatic heterocycles. The lowest BCUT2D eigenvalue weighted by molar-refractivity contribution is -0.126. The SMILES string of the molecule is CCS(=O)(=O)N1CCC[C@H](C(=O)N[C@H](C)c2ccc(F)cc2)C1. The predicted molar refractivity (Wildman–Crippen MR) is 86.7 cm³/mol. The van der Waals surface area contributed by atoms with Crippen LogP contribution in [0, 0.1) is 11.7 Å². The maximum Gasteiger partial charge on any atom is 0.224 e. The van der Waals surface area contributed by atoms with Crippen molar-refractivity contribution >= 4 is 15.9 Å². The van der Waals surface area contributed by atoms with Gasteiger partial charge in [0.05, 0.1) is 17.7 Å². The van der Waals surface area contributed by atoms with Gasteiger partial charge < -0.3 is 5.32 Å². The molecule has 0 bridgehead atoms. The summed E-state index contributed by atoms with van der Waals surface area (Å²) in [7, 11) is -3.26. The molecule has 2 rings (SSSR count). The summed E-state index contributed by atoms with van der Waals surface area (Å²) in [5, 5.41) is 2.89. The van der Waals surface area contributed by atoms with E-state index in [1.165, 1.54) is 16.4 Å². The van der Waals surface area contributed by atoms with Crippen molar-refractivity contribution in [1.82, 2.24) is 9.62 Å². The van der Waals surface area contributed by atoms with Gasteiger partial charge in [0, 0.05) is 13.1 Å². The molecule has 1 saturated heterocycles. The van der Waals surface area contributed by atoms with Crippen LogP contribution in [0.2, 0.25) is 0 Å². The average molecular weight is 342 g/mol. The maximum absolute atomic E-state index is 12.9. The number of halogens is 1. The Labute approximate surface area is 136 Å². The molecule has 1 N–H and O–H groups in total. The number of carbonyl (C=O) groups excluding carboxylic acids is 1.